The van der Waals surface area contributed by atoms with E-state index in [-0.39, 0.29) is 11.7 Å². The summed E-state index contributed by atoms with van der Waals surface area (Å²) in [5.41, 5.74) is 6.44. The molecule has 0 fully saturated rings. The van der Waals surface area contributed by atoms with Gasteiger partial charge < -0.3 is 9.47 Å². The molecular formula is C22H27N3O4S. The second-order valence-corrected chi connectivity index (χ2v) is 7.38. The average Bonchev–Trinajstić information content (AvgIpc) is 2.75. The second-order valence-electron chi connectivity index (χ2n) is 6.98. The highest BCUT2D eigenvalue weighted by molar-refractivity contribution is 7.80. The van der Waals surface area contributed by atoms with Gasteiger partial charge in [0.25, 0.3) is 11.8 Å². The lowest BCUT2D eigenvalue weighted by Gasteiger charge is -2.12. The Hall–Kier alpha value is -3.13. The van der Waals surface area contributed by atoms with Gasteiger partial charge >= 0.3 is 0 Å². The van der Waals surface area contributed by atoms with Crippen LogP contribution in [0.4, 0.5) is 0 Å². The number of thiocarbonyl (C=S) groups is 1. The van der Waals surface area contributed by atoms with E-state index in [0.29, 0.717) is 29.6 Å². The summed E-state index contributed by atoms with van der Waals surface area (Å²) in [6.45, 7) is 6.52. The summed E-state index contributed by atoms with van der Waals surface area (Å²) < 4.78 is 11.0. The van der Waals surface area contributed by atoms with Gasteiger partial charge in [0, 0.05) is 5.56 Å². The van der Waals surface area contributed by atoms with E-state index >= 15 is 0 Å². The molecule has 0 spiro atoms. The van der Waals surface area contributed by atoms with Crippen LogP contribution in [0.3, 0.4) is 0 Å². The van der Waals surface area contributed by atoms with Crippen LogP contribution in [0.1, 0.15) is 36.7 Å². The van der Waals surface area contributed by atoms with Gasteiger partial charge in [-0.15, -0.1) is 0 Å². The molecule has 0 atom stereocenters. The monoisotopic (exact) mass is 429 g/mol. The summed E-state index contributed by atoms with van der Waals surface area (Å²) in [5, 5.41) is 2.47. The Balaban J connectivity index is 1.74. The van der Waals surface area contributed by atoms with Crippen LogP contribution in [0.2, 0.25) is 0 Å². The van der Waals surface area contributed by atoms with Crippen LogP contribution < -0.4 is 25.6 Å². The SMILES string of the molecule is CCc1ccc(OCC(=O)NNC(=S)NC(=O)c2cccc(OCC(C)C)c2)cc1. The number of hydrogen-bond donors (Lipinski definition) is 3. The first kappa shape index (κ1) is 23.2. The molecule has 2 aromatic rings. The Kier molecular flexibility index (Phi) is 9.08. The van der Waals surface area contributed by atoms with E-state index in [1.54, 1.807) is 24.3 Å². The Morgan fingerprint density at radius 2 is 1.73 bits per heavy atom. The van der Waals surface area contributed by atoms with Crippen LogP contribution >= 0.6 is 12.2 Å². The molecule has 3 N–H and O–H groups in total. The smallest absolute Gasteiger partial charge is 0.276 e. The third kappa shape index (κ3) is 8.08. The second kappa shape index (κ2) is 11.8. The van der Waals surface area contributed by atoms with Crippen molar-refractivity contribution in [3.8, 4) is 11.5 Å². The first-order valence-electron chi connectivity index (χ1n) is 9.72. The number of benzene rings is 2. The van der Waals surface area contributed by atoms with Crippen molar-refractivity contribution in [1.29, 1.82) is 0 Å². The molecular weight excluding hydrogens is 402 g/mol. The number of amides is 2. The van der Waals surface area contributed by atoms with Gasteiger partial charge in [0.1, 0.15) is 11.5 Å². The summed E-state index contributed by atoms with van der Waals surface area (Å²) in [5.74, 6) is 0.729. The molecule has 0 bridgehead atoms. The topological polar surface area (TPSA) is 88.7 Å². The van der Waals surface area contributed by atoms with Crippen molar-refractivity contribution in [1.82, 2.24) is 16.2 Å². The van der Waals surface area contributed by atoms with Gasteiger partial charge in [0.05, 0.1) is 6.61 Å². The van der Waals surface area contributed by atoms with E-state index in [0.717, 1.165) is 6.42 Å². The summed E-state index contributed by atoms with van der Waals surface area (Å²) in [4.78, 5) is 24.2. The van der Waals surface area contributed by atoms with Crippen molar-refractivity contribution in [2.75, 3.05) is 13.2 Å². The lowest BCUT2D eigenvalue weighted by molar-refractivity contribution is -0.123. The predicted molar refractivity (Wildman–Crippen MR) is 119 cm³/mol. The Bertz CT molecular complexity index is 869. The predicted octanol–water partition coefficient (Wildman–Crippen LogP) is 3.00. The minimum absolute atomic E-state index is 0.0332. The largest absolute Gasteiger partial charge is 0.493 e. The van der Waals surface area contributed by atoms with Crippen LogP contribution in [0.15, 0.2) is 48.5 Å². The average molecular weight is 430 g/mol. The fourth-order valence-corrected chi connectivity index (χ4v) is 2.47. The van der Waals surface area contributed by atoms with Crippen LogP contribution in [0, 0.1) is 5.92 Å². The quantitative estimate of drug-likeness (QED) is 0.442. The van der Waals surface area contributed by atoms with E-state index in [2.05, 4.69) is 23.1 Å². The molecule has 2 rings (SSSR count). The molecule has 8 heteroatoms. The maximum Gasteiger partial charge on any atom is 0.276 e. The highest BCUT2D eigenvalue weighted by Gasteiger charge is 2.10. The summed E-state index contributed by atoms with van der Waals surface area (Å²) >= 11 is 5.04. The van der Waals surface area contributed by atoms with E-state index in [9.17, 15) is 9.59 Å². The molecule has 160 valence electrons. The Labute approximate surface area is 182 Å². The minimum Gasteiger partial charge on any atom is -0.493 e. The number of hydrogen-bond acceptors (Lipinski definition) is 5. The van der Waals surface area contributed by atoms with Gasteiger partial charge in [-0.2, -0.15) is 0 Å². The Morgan fingerprint density at radius 1 is 1.00 bits per heavy atom. The van der Waals surface area contributed by atoms with Gasteiger partial charge in [0.15, 0.2) is 11.7 Å². The molecule has 2 amide bonds. The van der Waals surface area contributed by atoms with Gasteiger partial charge in [-0.1, -0.05) is 39.0 Å². The number of hydrazine groups is 1. The number of nitrogens with one attached hydrogen (secondary N) is 3. The zero-order valence-corrected chi connectivity index (χ0v) is 18.2. The third-order valence-corrected chi connectivity index (χ3v) is 4.13. The molecule has 2 aromatic carbocycles. The number of rotatable bonds is 8. The van der Waals surface area contributed by atoms with Crippen LogP contribution in [0.25, 0.3) is 0 Å². The van der Waals surface area contributed by atoms with Gasteiger partial charge in [-0.05, 0) is 60.5 Å². The first-order chi connectivity index (χ1) is 14.4. The summed E-state index contributed by atoms with van der Waals surface area (Å²) in [6.07, 6.45) is 0.934. The van der Waals surface area contributed by atoms with E-state index < -0.39 is 11.8 Å². The third-order valence-electron chi connectivity index (χ3n) is 3.92. The van der Waals surface area contributed by atoms with Crippen molar-refractivity contribution < 1.29 is 19.1 Å². The van der Waals surface area contributed by atoms with Crippen molar-refractivity contribution in [2.45, 2.75) is 27.2 Å². The van der Waals surface area contributed by atoms with E-state index in [1.807, 2.05) is 38.1 Å². The number of carbonyl (C=O) groups is 2. The number of aryl methyl sites for hydroxylation is 1. The highest BCUT2D eigenvalue weighted by atomic mass is 32.1. The molecule has 0 radical (unpaired) electrons. The molecule has 7 nitrogen and oxygen atoms in total. The van der Waals surface area contributed by atoms with Crippen molar-refractivity contribution in [3.63, 3.8) is 0 Å². The van der Waals surface area contributed by atoms with E-state index in [4.69, 9.17) is 21.7 Å². The van der Waals surface area contributed by atoms with Crippen LogP contribution in [-0.2, 0) is 11.2 Å². The minimum atomic E-state index is -0.435. The molecule has 0 saturated heterocycles. The zero-order chi connectivity index (χ0) is 21.9. The van der Waals surface area contributed by atoms with Crippen molar-refractivity contribution >= 4 is 29.1 Å². The highest BCUT2D eigenvalue weighted by Crippen LogP contribution is 2.14. The molecule has 0 aromatic heterocycles. The molecule has 0 heterocycles. The fourth-order valence-electron chi connectivity index (χ4n) is 2.33. The lowest BCUT2D eigenvalue weighted by Crippen LogP contribution is -2.49. The van der Waals surface area contributed by atoms with Gasteiger partial charge in [-0.25, -0.2) is 0 Å². The van der Waals surface area contributed by atoms with Crippen LogP contribution in [0.5, 0.6) is 11.5 Å². The molecule has 0 aliphatic heterocycles. The summed E-state index contributed by atoms with van der Waals surface area (Å²) in [7, 11) is 0. The maximum atomic E-state index is 12.3. The molecule has 30 heavy (non-hydrogen) atoms. The zero-order valence-electron chi connectivity index (χ0n) is 17.4. The normalized spacial score (nSPS) is 10.3. The fraction of sp³-hybridized carbons (Fsp3) is 0.318. The molecule has 0 saturated carbocycles. The van der Waals surface area contributed by atoms with Gasteiger partial charge in [-0.3, -0.25) is 25.8 Å². The summed E-state index contributed by atoms with van der Waals surface area (Å²) in [6, 6.07) is 14.3. The van der Waals surface area contributed by atoms with Crippen LogP contribution in [-0.4, -0.2) is 30.1 Å². The molecule has 0 aliphatic carbocycles. The van der Waals surface area contributed by atoms with Crippen molar-refractivity contribution in [2.24, 2.45) is 5.92 Å². The Morgan fingerprint density at radius 3 is 2.40 bits per heavy atom. The maximum absolute atomic E-state index is 12.3. The van der Waals surface area contributed by atoms with E-state index in [1.165, 1.54) is 5.56 Å². The number of carbonyl (C=O) groups excluding carboxylic acids is 2. The number of ether oxygens (including phenoxy) is 2. The standard InChI is InChI=1S/C22H27N3O4S/c1-4-16-8-10-18(11-9-16)29-14-20(26)24-25-22(30)23-21(27)17-6-5-7-19(12-17)28-13-15(2)3/h5-12,15H,4,13-14H2,1-3H3,(H,24,26)(H2,23,25,27,30). The first-order valence-corrected chi connectivity index (χ1v) is 10.1. The van der Waals surface area contributed by atoms with Crippen molar-refractivity contribution in [3.05, 3.63) is 59.7 Å². The lowest BCUT2D eigenvalue weighted by atomic mass is 10.2. The molecule has 0 aliphatic rings. The molecule has 0 unspecified atom stereocenters. The van der Waals surface area contributed by atoms with Gasteiger partial charge in [0.2, 0.25) is 0 Å².